The van der Waals surface area contributed by atoms with E-state index in [0.29, 0.717) is 29.8 Å². The van der Waals surface area contributed by atoms with E-state index in [1.165, 1.54) is 11.8 Å². The van der Waals surface area contributed by atoms with Crippen molar-refractivity contribution in [1.29, 1.82) is 0 Å². The van der Waals surface area contributed by atoms with Crippen molar-refractivity contribution in [1.82, 2.24) is 14.4 Å². The van der Waals surface area contributed by atoms with E-state index in [9.17, 15) is 18.0 Å². The maximum absolute atomic E-state index is 14.3. The zero-order valence-corrected chi connectivity index (χ0v) is 23.6. The molecule has 0 aliphatic carbocycles. The molecule has 0 bridgehead atoms. The van der Waals surface area contributed by atoms with Crippen molar-refractivity contribution < 1.29 is 18.0 Å². The number of thioether (sulfide) groups is 1. The number of alkyl halides is 1. The number of para-hydroxylation sites is 1. The summed E-state index contributed by atoms with van der Waals surface area (Å²) < 4.78 is 43.7. The van der Waals surface area contributed by atoms with Gasteiger partial charge in [0.15, 0.2) is 11.6 Å². The van der Waals surface area contributed by atoms with Gasteiger partial charge in [-0.1, -0.05) is 42.1 Å². The summed E-state index contributed by atoms with van der Waals surface area (Å²) in [6.07, 6.45) is 5.04. The van der Waals surface area contributed by atoms with Crippen LogP contribution in [0.4, 0.5) is 18.9 Å². The number of benzene rings is 3. The lowest BCUT2D eigenvalue weighted by Gasteiger charge is -2.21. The molecule has 0 saturated carbocycles. The molecule has 1 amide bonds. The fourth-order valence-corrected chi connectivity index (χ4v) is 6.64. The number of nitrogens with one attached hydrogen (secondary N) is 1. The highest BCUT2D eigenvalue weighted by molar-refractivity contribution is 8.07. The van der Waals surface area contributed by atoms with Crippen LogP contribution in [0.2, 0.25) is 0 Å². The van der Waals surface area contributed by atoms with Crippen molar-refractivity contribution in [3.63, 3.8) is 0 Å². The zero-order valence-electron chi connectivity index (χ0n) is 22.8. The van der Waals surface area contributed by atoms with E-state index in [1.54, 1.807) is 6.07 Å². The van der Waals surface area contributed by atoms with E-state index in [2.05, 4.69) is 31.8 Å². The number of carbonyl (C=O) groups is 1. The molecule has 2 aliphatic rings. The van der Waals surface area contributed by atoms with Crippen LogP contribution in [0.1, 0.15) is 23.1 Å². The molecule has 2 aliphatic heterocycles. The molecular formula is C32H29F3N4OS. The molecule has 0 radical (unpaired) electrons. The Morgan fingerprint density at radius 1 is 1.05 bits per heavy atom. The minimum Gasteiger partial charge on any atom is -0.361 e. The molecule has 3 heterocycles. The molecule has 1 aromatic heterocycles. The van der Waals surface area contributed by atoms with Crippen LogP contribution >= 0.6 is 11.8 Å². The fourth-order valence-electron chi connectivity index (χ4n) is 5.40. The monoisotopic (exact) mass is 574 g/mol. The molecule has 4 aromatic rings. The average molecular weight is 575 g/mol. The standard InChI is InChI=1S/C32H29F3N4OS/c1-37(2)11-6-12-38-19-23(41-32(38)30-25-15-26(34)27(35)16-28(25)36-31(30)40)14-21-18-39(29-10-4-3-9-24(21)29)22-8-5-7-20(13-22)17-33/h3-5,7-10,13-16,18H,6,11-12,17,19H2,1-2H3,(H,36,40). The van der Waals surface area contributed by atoms with Crippen LogP contribution in [-0.2, 0) is 11.5 Å². The number of fused-ring (bicyclic) bond motifs is 2. The van der Waals surface area contributed by atoms with Gasteiger partial charge in [-0.3, -0.25) is 4.79 Å². The molecule has 3 aromatic carbocycles. The zero-order chi connectivity index (χ0) is 28.7. The Balaban J connectivity index is 1.42. The van der Waals surface area contributed by atoms with Gasteiger partial charge in [-0.25, -0.2) is 13.2 Å². The Hall–Kier alpha value is -3.95. The largest absolute Gasteiger partial charge is 0.361 e. The van der Waals surface area contributed by atoms with Gasteiger partial charge in [0.1, 0.15) is 6.67 Å². The molecule has 0 unspecified atom stereocenters. The van der Waals surface area contributed by atoms with Gasteiger partial charge >= 0.3 is 0 Å². The molecule has 9 heteroatoms. The highest BCUT2D eigenvalue weighted by Crippen LogP contribution is 2.46. The maximum Gasteiger partial charge on any atom is 0.259 e. The number of nitrogens with zero attached hydrogens (tertiary/aromatic N) is 3. The lowest BCUT2D eigenvalue weighted by Crippen LogP contribution is -2.25. The van der Waals surface area contributed by atoms with Gasteiger partial charge in [-0.15, -0.1) is 0 Å². The second-order valence-corrected chi connectivity index (χ2v) is 11.6. The van der Waals surface area contributed by atoms with Crippen LogP contribution < -0.4 is 5.32 Å². The summed E-state index contributed by atoms with van der Waals surface area (Å²) in [5, 5.41) is 4.49. The SMILES string of the molecule is CN(C)CCCN1CC(=Cc2cn(-c3cccc(CF)c3)c3ccccc23)SC1=C1C(=O)Nc2cc(F)c(F)cc21. The highest BCUT2D eigenvalue weighted by Gasteiger charge is 2.35. The Labute approximate surface area is 240 Å². The lowest BCUT2D eigenvalue weighted by atomic mass is 10.1. The molecule has 41 heavy (non-hydrogen) atoms. The van der Waals surface area contributed by atoms with Gasteiger partial charge < -0.3 is 19.7 Å². The van der Waals surface area contributed by atoms with E-state index in [1.807, 2.05) is 56.7 Å². The van der Waals surface area contributed by atoms with E-state index in [0.717, 1.165) is 57.2 Å². The van der Waals surface area contributed by atoms with Crippen LogP contribution in [0.25, 0.3) is 28.2 Å². The molecule has 1 fully saturated rings. The molecule has 0 atom stereocenters. The Bertz CT molecular complexity index is 1730. The van der Waals surface area contributed by atoms with E-state index < -0.39 is 18.3 Å². The van der Waals surface area contributed by atoms with Crippen molar-refractivity contribution in [2.24, 2.45) is 0 Å². The van der Waals surface area contributed by atoms with Gasteiger partial charge in [0.05, 0.1) is 21.8 Å². The van der Waals surface area contributed by atoms with Crippen LogP contribution in [-0.4, -0.2) is 54.0 Å². The van der Waals surface area contributed by atoms with Gasteiger partial charge in [-0.05, 0) is 63.0 Å². The molecule has 0 spiro atoms. The quantitative estimate of drug-likeness (QED) is 0.241. The smallest absolute Gasteiger partial charge is 0.259 e. The molecule has 1 N–H and O–H groups in total. The Morgan fingerprint density at radius 2 is 1.85 bits per heavy atom. The second-order valence-electron chi connectivity index (χ2n) is 10.5. The predicted molar refractivity (Wildman–Crippen MR) is 160 cm³/mol. The number of amides is 1. The topological polar surface area (TPSA) is 40.5 Å². The number of rotatable bonds is 7. The van der Waals surface area contributed by atoms with Crippen molar-refractivity contribution in [3.05, 3.63) is 105 Å². The number of hydrogen-bond acceptors (Lipinski definition) is 4. The van der Waals surface area contributed by atoms with Gasteiger partial charge in [0, 0.05) is 52.5 Å². The maximum atomic E-state index is 14.3. The Kier molecular flexibility index (Phi) is 7.40. The first-order valence-electron chi connectivity index (χ1n) is 13.4. The average Bonchev–Trinajstić information content (AvgIpc) is 3.62. The molecule has 5 nitrogen and oxygen atoms in total. The first kappa shape index (κ1) is 27.2. The summed E-state index contributed by atoms with van der Waals surface area (Å²) in [5.41, 5.74) is 4.51. The molecular weight excluding hydrogens is 545 g/mol. The number of aromatic nitrogens is 1. The van der Waals surface area contributed by atoms with Gasteiger partial charge in [0.25, 0.3) is 5.91 Å². The number of anilines is 1. The number of carbonyl (C=O) groups excluding carboxylic acids is 1. The van der Waals surface area contributed by atoms with Crippen LogP contribution in [0, 0.1) is 11.6 Å². The van der Waals surface area contributed by atoms with Crippen molar-refractivity contribution >= 4 is 45.9 Å². The third-order valence-corrected chi connectivity index (χ3v) is 8.48. The predicted octanol–water partition coefficient (Wildman–Crippen LogP) is 7.04. The first-order chi connectivity index (χ1) is 19.8. The van der Waals surface area contributed by atoms with Crippen molar-refractivity contribution in [2.45, 2.75) is 13.1 Å². The summed E-state index contributed by atoms with van der Waals surface area (Å²) in [4.78, 5) is 18.4. The third kappa shape index (κ3) is 5.27. The number of hydrogen-bond donors (Lipinski definition) is 1. The first-order valence-corrected chi connectivity index (χ1v) is 14.2. The van der Waals surface area contributed by atoms with E-state index in [-0.39, 0.29) is 11.6 Å². The second kappa shape index (κ2) is 11.1. The Morgan fingerprint density at radius 3 is 2.66 bits per heavy atom. The summed E-state index contributed by atoms with van der Waals surface area (Å²) >= 11 is 1.48. The van der Waals surface area contributed by atoms with Gasteiger partial charge in [0.2, 0.25) is 0 Å². The third-order valence-electron chi connectivity index (χ3n) is 7.32. The van der Waals surface area contributed by atoms with Gasteiger partial charge in [-0.2, -0.15) is 0 Å². The molecule has 210 valence electrons. The van der Waals surface area contributed by atoms with Crippen LogP contribution in [0.15, 0.2) is 76.8 Å². The summed E-state index contributed by atoms with van der Waals surface area (Å²) in [6.45, 7) is 1.62. The number of halogens is 3. The fraction of sp³-hybridized carbons (Fsp3) is 0.219. The van der Waals surface area contributed by atoms with E-state index in [4.69, 9.17) is 0 Å². The van der Waals surface area contributed by atoms with E-state index >= 15 is 0 Å². The van der Waals surface area contributed by atoms with Crippen LogP contribution in [0.5, 0.6) is 0 Å². The van der Waals surface area contributed by atoms with Crippen molar-refractivity contribution in [3.8, 4) is 5.69 Å². The lowest BCUT2D eigenvalue weighted by molar-refractivity contribution is -0.110. The van der Waals surface area contributed by atoms with Crippen LogP contribution in [0.3, 0.4) is 0 Å². The highest BCUT2D eigenvalue weighted by atomic mass is 32.2. The normalized spacial score (nSPS) is 17.8. The minimum absolute atomic E-state index is 0.279. The summed E-state index contributed by atoms with van der Waals surface area (Å²) in [6, 6.07) is 17.6. The molecule has 1 saturated heterocycles. The molecule has 6 rings (SSSR count). The summed E-state index contributed by atoms with van der Waals surface area (Å²) in [5.74, 6) is -2.34. The summed E-state index contributed by atoms with van der Waals surface area (Å²) in [7, 11) is 4.03. The van der Waals surface area contributed by atoms with Crippen molar-refractivity contribution in [2.75, 3.05) is 39.0 Å². The minimum atomic E-state index is -0.994.